The first-order valence-corrected chi connectivity index (χ1v) is 5.13. The molecule has 0 bridgehead atoms. The number of nitrogens with zero attached hydrogens (tertiary/aromatic N) is 6. The standard InChI is InChI=1S/C9H6ClN7/c10-6-1-3-7(4-2-6)17-5-8(11-16-17)9-12-14-15-13-9/h1-5H,(H,12,13,14,15). The number of tetrazole rings is 1. The summed E-state index contributed by atoms with van der Waals surface area (Å²) in [6.07, 6.45) is 1.72. The van der Waals surface area contributed by atoms with Crippen molar-refractivity contribution in [1.82, 2.24) is 35.6 Å². The van der Waals surface area contributed by atoms with Crippen molar-refractivity contribution in [3.63, 3.8) is 0 Å². The van der Waals surface area contributed by atoms with Crippen LogP contribution in [-0.2, 0) is 0 Å². The van der Waals surface area contributed by atoms with Crippen LogP contribution >= 0.6 is 11.6 Å². The molecule has 7 nitrogen and oxygen atoms in total. The smallest absolute Gasteiger partial charge is 0.220 e. The van der Waals surface area contributed by atoms with E-state index in [4.69, 9.17) is 11.6 Å². The second-order valence-corrected chi connectivity index (χ2v) is 3.70. The van der Waals surface area contributed by atoms with Gasteiger partial charge in [0.05, 0.1) is 11.9 Å². The van der Waals surface area contributed by atoms with Crippen LogP contribution in [0, 0.1) is 0 Å². The number of aromatic amines is 1. The van der Waals surface area contributed by atoms with Crippen molar-refractivity contribution in [3.05, 3.63) is 35.5 Å². The third-order valence-corrected chi connectivity index (χ3v) is 2.41. The predicted molar refractivity (Wildman–Crippen MR) is 59.5 cm³/mol. The van der Waals surface area contributed by atoms with Gasteiger partial charge < -0.3 is 0 Å². The van der Waals surface area contributed by atoms with Gasteiger partial charge >= 0.3 is 0 Å². The number of hydrogen-bond donors (Lipinski definition) is 1. The van der Waals surface area contributed by atoms with Crippen molar-refractivity contribution >= 4 is 11.6 Å². The molecule has 0 spiro atoms. The van der Waals surface area contributed by atoms with E-state index in [0.717, 1.165) is 5.69 Å². The fraction of sp³-hybridized carbons (Fsp3) is 0. The number of hydrogen-bond acceptors (Lipinski definition) is 5. The SMILES string of the molecule is Clc1ccc(-n2cc(-c3nn[nH]n3)nn2)cc1. The third-order valence-electron chi connectivity index (χ3n) is 2.16. The summed E-state index contributed by atoms with van der Waals surface area (Å²) in [5.41, 5.74) is 1.41. The van der Waals surface area contributed by atoms with E-state index in [9.17, 15) is 0 Å². The Kier molecular flexibility index (Phi) is 2.30. The van der Waals surface area contributed by atoms with Gasteiger partial charge in [0.15, 0.2) is 5.69 Å². The lowest BCUT2D eigenvalue weighted by Crippen LogP contribution is -1.93. The minimum Gasteiger partial charge on any atom is -0.220 e. The fourth-order valence-electron chi connectivity index (χ4n) is 1.36. The van der Waals surface area contributed by atoms with E-state index in [1.807, 2.05) is 12.1 Å². The average molecular weight is 248 g/mol. The molecule has 0 fully saturated rings. The highest BCUT2D eigenvalue weighted by Crippen LogP contribution is 2.14. The van der Waals surface area contributed by atoms with E-state index < -0.39 is 0 Å². The topological polar surface area (TPSA) is 85.2 Å². The Morgan fingerprint density at radius 3 is 2.65 bits per heavy atom. The molecule has 3 rings (SSSR count). The second kappa shape index (κ2) is 3.95. The molecule has 1 N–H and O–H groups in total. The fourth-order valence-corrected chi connectivity index (χ4v) is 1.48. The summed E-state index contributed by atoms with van der Waals surface area (Å²) in [6, 6.07) is 7.26. The molecule has 84 valence electrons. The Morgan fingerprint density at radius 2 is 1.94 bits per heavy atom. The Balaban J connectivity index is 1.98. The van der Waals surface area contributed by atoms with Gasteiger partial charge in [0.2, 0.25) is 5.82 Å². The lowest BCUT2D eigenvalue weighted by atomic mass is 10.3. The molecule has 0 unspecified atom stereocenters. The van der Waals surface area contributed by atoms with Crippen LogP contribution in [0.5, 0.6) is 0 Å². The molecule has 2 heterocycles. The summed E-state index contributed by atoms with van der Waals surface area (Å²) in [5.74, 6) is 0.408. The van der Waals surface area contributed by atoms with Crippen LogP contribution in [0.25, 0.3) is 17.2 Å². The predicted octanol–water partition coefficient (Wildman–Crippen LogP) is 1.10. The van der Waals surface area contributed by atoms with Gasteiger partial charge in [-0.25, -0.2) is 4.68 Å². The van der Waals surface area contributed by atoms with Crippen molar-refractivity contribution in [1.29, 1.82) is 0 Å². The number of aromatic nitrogens is 7. The zero-order chi connectivity index (χ0) is 11.7. The number of benzene rings is 1. The normalized spacial score (nSPS) is 10.6. The van der Waals surface area contributed by atoms with Gasteiger partial charge in [-0.2, -0.15) is 5.21 Å². The maximum atomic E-state index is 5.81. The van der Waals surface area contributed by atoms with Gasteiger partial charge in [-0.05, 0) is 29.5 Å². The molecule has 0 aliphatic heterocycles. The van der Waals surface area contributed by atoms with Gasteiger partial charge in [0.25, 0.3) is 0 Å². The molecule has 0 aliphatic rings. The van der Waals surface area contributed by atoms with Crippen molar-refractivity contribution in [2.75, 3.05) is 0 Å². The first kappa shape index (κ1) is 9.91. The Morgan fingerprint density at radius 1 is 1.12 bits per heavy atom. The quantitative estimate of drug-likeness (QED) is 0.733. The minimum atomic E-state index is 0.408. The monoisotopic (exact) mass is 247 g/mol. The molecule has 0 aliphatic carbocycles. The van der Waals surface area contributed by atoms with Crippen LogP contribution in [0.4, 0.5) is 0 Å². The molecular formula is C9H6ClN7. The molecule has 0 atom stereocenters. The Labute approximate surface area is 100 Å². The molecule has 17 heavy (non-hydrogen) atoms. The van der Waals surface area contributed by atoms with E-state index in [1.165, 1.54) is 0 Å². The zero-order valence-corrected chi connectivity index (χ0v) is 9.20. The largest absolute Gasteiger partial charge is 0.226 e. The lowest BCUT2D eigenvalue weighted by Gasteiger charge is -1.98. The first-order valence-electron chi connectivity index (χ1n) is 4.75. The lowest BCUT2D eigenvalue weighted by molar-refractivity contribution is 0.803. The van der Waals surface area contributed by atoms with Crippen LogP contribution in [0.3, 0.4) is 0 Å². The molecule has 0 saturated heterocycles. The summed E-state index contributed by atoms with van der Waals surface area (Å²) in [5, 5.41) is 22.1. The molecule has 3 aromatic rings. The molecule has 0 amide bonds. The second-order valence-electron chi connectivity index (χ2n) is 3.26. The number of nitrogens with one attached hydrogen (secondary N) is 1. The molecule has 0 radical (unpaired) electrons. The van der Waals surface area contributed by atoms with Crippen LogP contribution in [0.2, 0.25) is 5.02 Å². The zero-order valence-electron chi connectivity index (χ0n) is 8.45. The summed E-state index contributed by atoms with van der Waals surface area (Å²) in [7, 11) is 0. The molecule has 2 aromatic heterocycles. The third kappa shape index (κ3) is 1.87. The van der Waals surface area contributed by atoms with Crippen molar-refractivity contribution < 1.29 is 0 Å². The maximum absolute atomic E-state index is 5.81. The summed E-state index contributed by atoms with van der Waals surface area (Å²) in [6.45, 7) is 0. The number of rotatable bonds is 2. The van der Waals surface area contributed by atoms with Crippen molar-refractivity contribution in [2.24, 2.45) is 0 Å². The highest BCUT2D eigenvalue weighted by Gasteiger charge is 2.08. The summed E-state index contributed by atoms with van der Waals surface area (Å²) in [4.78, 5) is 0. The molecule has 8 heteroatoms. The van der Waals surface area contributed by atoms with Gasteiger partial charge in [-0.1, -0.05) is 16.8 Å². The summed E-state index contributed by atoms with van der Waals surface area (Å²) >= 11 is 5.81. The van der Waals surface area contributed by atoms with Gasteiger partial charge in [0.1, 0.15) is 0 Å². The number of H-pyrrole nitrogens is 1. The van der Waals surface area contributed by atoms with E-state index in [0.29, 0.717) is 16.5 Å². The van der Waals surface area contributed by atoms with E-state index >= 15 is 0 Å². The van der Waals surface area contributed by atoms with E-state index in [2.05, 4.69) is 30.9 Å². The highest BCUT2D eigenvalue weighted by molar-refractivity contribution is 6.30. The molecule has 0 saturated carbocycles. The average Bonchev–Trinajstić information content (AvgIpc) is 3.00. The van der Waals surface area contributed by atoms with Gasteiger partial charge in [-0.3, -0.25) is 0 Å². The van der Waals surface area contributed by atoms with E-state index in [-0.39, 0.29) is 0 Å². The maximum Gasteiger partial charge on any atom is 0.226 e. The summed E-state index contributed by atoms with van der Waals surface area (Å²) < 4.78 is 1.61. The van der Waals surface area contributed by atoms with Crippen molar-refractivity contribution in [2.45, 2.75) is 0 Å². The number of halogens is 1. The minimum absolute atomic E-state index is 0.408. The van der Waals surface area contributed by atoms with Gasteiger partial charge in [0, 0.05) is 5.02 Å². The Bertz CT molecular complexity index is 613. The van der Waals surface area contributed by atoms with Crippen LogP contribution in [-0.4, -0.2) is 35.6 Å². The first-order chi connectivity index (χ1) is 8.33. The van der Waals surface area contributed by atoms with E-state index in [1.54, 1.807) is 23.0 Å². The van der Waals surface area contributed by atoms with Crippen molar-refractivity contribution in [3.8, 4) is 17.2 Å². The van der Waals surface area contributed by atoms with Crippen LogP contribution < -0.4 is 0 Å². The molecular weight excluding hydrogens is 242 g/mol. The van der Waals surface area contributed by atoms with Gasteiger partial charge in [-0.15, -0.1) is 15.3 Å². The molecule has 1 aromatic carbocycles. The Hall–Kier alpha value is -2.28. The van der Waals surface area contributed by atoms with Crippen LogP contribution in [0.1, 0.15) is 0 Å². The highest BCUT2D eigenvalue weighted by atomic mass is 35.5. The van der Waals surface area contributed by atoms with Crippen LogP contribution in [0.15, 0.2) is 30.5 Å².